The number of allylic oxidation sites excluding steroid dienone is 3. The van der Waals surface area contributed by atoms with Crippen molar-refractivity contribution in [3.63, 3.8) is 0 Å². The molecule has 2 aliphatic rings. The highest BCUT2D eigenvalue weighted by atomic mass is 16.6. The summed E-state index contributed by atoms with van der Waals surface area (Å²) in [7, 11) is 0. The van der Waals surface area contributed by atoms with Crippen molar-refractivity contribution in [1.82, 2.24) is 0 Å². The fourth-order valence-corrected chi connectivity index (χ4v) is 3.97. The van der Waals surface area contributed by atoms with Gasteiger partial charge in [-0.15, -0.1) is 0 Å². The lowest BCUT2D eigenvalue weighted by Gasteiger charge is -2.39. The van der Waals surface area contributed by atoms with Crippen LogP contribution < -0.4 is 0 Å². The second-order valence-electron chi connectivity index (χ2n) is 8.07. The summed E-state index contributed by atoms with van der Waals surface area (Å²) in [5, 5.41) is 0. The first kappa shape index (κ1) is 19.2. The molecule has 1 fully saturated rings. The molecule has 0 N–H and O–H groups in total. The maximum absolute atomic E-state index is 11.6. The van der Waals surface area contributed by atoms with Gasteiger partial charge in [0.1, 0.15) is 11.7 Å². The third-order valence-corrected chi connectivity index (χ3v) is 5.79. The topological polar surface area (TPSA) is 35.5 Å². The third-order valence-electron chi connectivity index (χ3n) is 5.79. The zero-order valence-corrected chi connectivity index (χ0v) is 16.1. The Labute approximate surface area is 147 Å². The minimum Gasteiger partial charge on any atom is -0.459 e. The molecule has 0 aromatic carbocycles. The van der Waals surface area contributed by atoms with Gasteiger partial charge in [-0.1, -0.05) is 37.6 Å². The lowest BCUT2D eigenvalue weighted by Crippen LogP contribution is -2.46. The Morgan fingerprint density at radius 3 is 2.67 bits per heavy atom. The van der Waals surface area contributed by atoms with Gasteiger partial charge in [-0.2, -0.15) is 0 Å². The molecule has 2 rings (SSSR count). The summed E-state index contributed by atoms with van der Waals surface area (Å²) >= 11 is 0. The summed E-state index contributed by atoms with van der Waals surface area (Å²) < 4.78 is 12.4. The van der Waals surface area contributed by atoms with Gasteiger partial charge >= 0.3 is 5.97 Å². The van der Waals surface area contributed by atoms with Crippen LogP contribution in [0.25, 0.3) is 0 Å². The van der Waals surface area contributed by atoms with Crippen LogP contribution in [0.4, 0.5) is 0 Å². The molecule has 3 heteroatoms. The van der Waals surface area contributed by atoms with E-state index in [-0.39, 0.29) is 23.3 Å². The Morgan fingerprint density at radius 2 is 2.00 bits per heavy atom. The second-order valence-corrected chi connectivity index (χ2v) is 8.07. The number of esters is 1. The van der Waals surface area contributed by atoms with Crippen molar-refractivity contribution in [1.29, 1.82) is 0 Å². The van der Waals surface area contributed by atoms with Gasteiger partial charge in [-0.3, -0.25) is 4.79 Å². The normalized spacial score (nSPS) is 36.2. The summed E-state index contributed by atoms with van der Waals surface area (Å²) in [5.74, 6) is 0.223. The lowest BCUT2D eigenvalue weighted by molar-refractivity contribution is -0.186. The average molecular weight is 335 g/mol. The predicted molar refractivity (Wildman–Crippen MR) is 97.8 cm³/mol. The Balaban J connectivity index is 2.31. The van der Waals surface area contributed by atoms with Crippen LogP contribution in [-0.2, 0) is 14.3 Å². The molecule has 0 amide bonds. The first-order chi connectivity index (χ1) is 11.3. The highest BCUT2D eigenvalue weighted by molar-refractivity contribution is 5.66. The molecule has 1 saturated heterocycles. The first-order valence-electron chi connectivity index (χ1n) is 9.45. The van der Waals surface area contributed by atoms with Gasteiger partial charge in [0.25, 0.3) is 0 Å². The maximum Gasteiger partial charge on any atom is 0.303 e. The SMILES string of the molecule is CC(=O)O[C@H]1CC/C=C/CCC(C)=CC[C@]2(C(C)C)CCC1(C)O2. The molecule has 0 radical (unpaired) electrons. The van der Waals surface area contributed by atoms with Crippen LogP contribution in [0.5, 0.6) is 0 Å². The van der Waals surface area contributed by atoms with Crippen LogP contribution in [0.3, 0.4) is 0 Å². The van der Waals surface area contributed by atoms with E-state index in [2.05, 4.69) is 45.9 Å². The molecular weight excluding hydrogens is 300 g/mol. The van der Waals surface area contributed by atoms with E-state index in [9.17, 15) is 4.79 Å². The fraction of sp³-hybridized carbons (Fsp3) is 0.762. The molecule has 136 valence electrons. The van der Waals surface area contributed by atoms with Crippen LogP contribution >= 0.6 is 0 Å². The van der Waals surface area contributed by atoms with E-state index < -0.39 is 0 Å². The van der Waals surface area contributed by atoms with Gasteiger partial charge in [-0.05, 0) is 64.7 Å². The molecule has 2 aliphatic heterocycles. The van der Waals surface area contributed by atoms with Gasteiger partial charge in [0.2, 0.25) is 0 Å². The van der Waals surface area contributed by atoms with Crippen molar-refractivity contribution in [3.8, 4) is 0 Å². The Hall–Kier alpha value is -1.09. The molecular formula is C21H34O3. The van der Waals surface area contributed by atoms with Crippen molar-refractivity contribution < 1.29 is 14.3 Å². The highest BCUT2D eigenvalue weighted by Crippen LogP contribution is 2.47. The molecule has 0 aliphatic carbocycles. The third kappa shape index (κ3) is 4.50. The monoisotopic (exact) mass is 334 g/mol. The molecule has 0 saturated carbocycles. The van der Waals surface area contributed by atoms with Crippen molar-refractivity contribution >= 4 is 5.97 Å². The molecule has 2 heterocycles. The summed E-state index contributed by atoms with van der Waals surface area (Å²) in [6, 6.07) is 0. The maximum atomic E-state index is 11.6. The van der Waals surface area contributed by atoms with Crippen molar-refractivity contribution in [2.45, 2.75) is 96.9 Å². The van der Waals surface area contributed by atoms with E-state index in [0.29, 0.717) is 5.92 Å². The number of fused-ring (bicyclic) bond motifs is 2. The summed E-state index contributed by atoms with van der Waals surface area (Å²) in [6.07, 6.45) is 13.5. The molecule has 24 heavy (non-hydrogen) atoms. The van der Waals surface area contributed by atoms with Crippen LogP contribution in [0.15, 0.2) is 23.8 Å². The smallest absolute Gasteiger partial charge is 0.303 e. The fourth-order valence-electron chi connectivity index (χ4n) is 3.97. The number of ether oxygens (including phenoxy) is 2. The van der Waals surface area contributed by atoms with Crippen LogP contribution in [0, 0.1) is 5.92 Å². The Bertz CT molecular complexity index is 505. The van der Waals surface area contributed by atoms with Gasteiger partial charge in [0.05, 0.1) is 5.60 Å². The van der Waals surface area contributed by atoms with Crippen molar-refractivity contribution in [2.75, 3.05) is 0 Å². The Morgan fingerprint density at radius 1 is 1.29 bits per heavy atom. The minimum absolute atomic E-state index is 0.143. The Kier molecular flexibility index (Phi) is 6.30. The minimum atomic E-state index is -0.389. The highest BCUT2D eigenvalue weighted by Gasteiger charge is 2.52. The standard InChI is InChI=1S/C21H34O3/c1-16(2)21-13-12-17(3)10-8-6-7-9-11-19(23-18(4)22)20(5,24-21)14-15-21/h6-7,12,16,19H,8-11,13-15H2,1-5H3/b7-6+,17-12?/t19-,20?,21+/m0/s1. The lowest BCUT2D eigenvalue weighted by atomic mass is 9.82. The number of carbonyl (C=O) groups is 1. The summed E-state index contributed by atoms with van der Waals surface area (Å²) in [5.41, 5.74) is 0.905. The van der Waals surface area contributed by atoms with Gasteiger partial charge in [-0.25, -0.2) is 0 Å². The molecule has 0 spiro atoms. The van der Waals surface area contributed by atoms with Crippen LogP contribution in [0.2, 0.25) is 0 Å². The van der Waals surface area contributed by atoms with Gasteiger partial charge in [0.15, 0.2) is 0 Å². The number of hydrogen-bond acceptors (Lipinski definition) is 3. The largest absolute Gasteiger partial charge is 0.459 e. The molecule has 0 aromatic rings. The van der Waals surface area contributed by atoms with Gasteiger partial charge in [0, 0.05) is 6.92 Å². The van der Waals surface area contributed by atoms with Crippen molar-refractivity contribution in [3.05, 3.63) is 23.8 Å². The molecule has 3 nitrogen and oxygen atoms in total. The quantitative estimate of drug-likeness (QED) is 0.504. The van der Waals surface area contributed by atoms with Crippen LogP contribution in [0.1, 0.15) is 79.6 Å². The van der Waals surface area contributed by atoms with E-state index in [1.807, 2.05) is 0 Å². The van der Waals surface area contributed by atoms with E-state index in [1.165, 1.54) is 12.5 Å². The van der Waals surface area contributed by atoms with Crippen molar-refractivity contribution in [2.24, 2.45) is 5.92 Å². The first-order valence-corrected chi connectivity index (χ1v) is 9.45. The number of hydrogen-bond donors (Lipinski definition) is 0. The zero-order chi connectivity index (χ0) is 17.8. The predicted octanol–water partition coefficient (Wildman–Crippen LogP) is 5.35. The number of carbonyl (C=O) groups excluding carboxylic acids is 1. The number of rotatable bonds is 2. The molecule has 1 unspecified atom stereocenters. The molecule has 3 atom stereocenters. The van der Waals surface area contributed by atoms with Crippen LogP contribution in [-0.4, -0.2) is 23.3 Å². The van der Waals surface area contributed by atoms with E-state index in [4.69, 9.17) is 9.47 Å². The van der Waals surface area contributed by atoms with E-state index in [0.717, 1.165) is 44.9 Å². The molecule has 2 bridgehead atoms. The zero-order valence-electron chi connectivity index (χ0n) is 16.1. The summed E-state index contributed by atoms with van der Waals surface area (Å²) in [4.78, 5) is 11.6. The average Bonchev–Trinajstić information content (AvgIpc) is 2.86. The van der Waals surface area contributed by atoms with E-state index in [1.54, 1.807) is 0 Å². The second kappa shape index (κ2) is 7.86. The van der Waals surface area contributed by atoms with E-state index >= 15 is 0 Å². The van der Waals surface area contributed by atoms with Gasteiger partial charge < -0.3 is 9.47 Å². The summed E-state index contributed by atoms with van der Waals surface area (Å²) in [6.45, 7) is 10.3. The molecule has 0 aromatic heterocycles.